The Hall–Kier alpha value is -1.61. The van der Waals surface area contributed by atoms with Gasteiger partial charge in [-0.1, -0.05) is 0 Å². The number of hydrazine groups is 1. The van der Waals surface area contributed by atoms with Crippen LogP contribution < -0.4 is 22.0 Å². The summed E-state index contributed by atoms with van der Waals surface area (Å²) in [5.41, 5.74) is 12.1. The fourth-order valence-corrected chi connectivity index (χ4v) is 3.45. The summed E-state index contributed by atoms with van der Waals surface area (Å²) in [7, 11) is -4.65. The standard InChI is InChI=1S/C13H23N7O5S/c1-2-19-7-16-10-9(18-25-26(22,23)24)5-15-11(12(10)19)13(21)17-20-4-3-8(14)6-20/h7-9,11,15,18H,2-6,14H2,1H3,(H,17,21)(H,22,23,24)/t8?,9-,11-/m0/s1. The van der Waals surface area contributed by atoms with E-state index in [-0.39, 0.29) is 18.5 Å². The Morgan fingerprint density at radius 2 is 2.35 bits per heavy atom. The Bertz CT molecular complexity index is 767. The number of aromatic nitrogens is 2. The molecule has 6 N–H and O–H groups in total. The molecular formula is C13H23N7O5S. The summed E-state index contributed by atoms with van der Waals surface area (Å²) in [5.74, 6) is -0.246. The summed E-state index contributed by atoms with van der Waals surface area (Å²) in [6, 6.07) is -1.27. The molecule has 0 radical (unpaired) electrons. The van der Waals surface area contributed by atoms with Gasteiger partial charge < -0.3 is 10.3 Å². The minimum atomic E-state index is -4.65. The van der Waals surface area contributed by atoms with Gasteiger partial charge in [-0.05, 0) is 13.3 Å². The van der Waals surface area contributed by atoms with Crippen LogP contribution in [0.5, 0.6) is 0 Å². The van der Waals surface area contributed by atoms with Crippen molar-refractivity contribution in [3.8, 4) is 0 Å². The lowest BCUT2D eigenvalue weighted by atomic mass is 10.0. The summed E-state index contributed by atoms with van der Waals surface area (Å²) < 4.78 is 36.3. The molecule has 26 heavy (non-hydrogen) atoms. The maximum absolute atomic E-state index is 12.7. The molecule has 13 heteroatoms. The molecule has 2 aliphatic heterocycles. The van der Waals surface area contributed by atoms with Gasteiger partial charge in [0.2, 0.25) is 0 Å². The number of carbonyl (C=O) groups is 1. The Labute approximate surface area is 150 Å². The van der Waals surface area contributed by atoms with Gasteiger partial charge in [-0.15, -0.1) is 0 Å². The van der Waals surface area contributed by atoms with E-state index in [4.69, 9.17) is 10.3 Å². The highest BCUT2D eigenvalue weighted by Crippen LogP contribution is 2.28. The molecule has 0 bridgehead atoms. The van der Waals surface area contributed by atoms with E-state index >= 15 is 0 Å². The predicted molar refractivity (Wildman–Crippen MR) is 89.5 cm³/mol. The Morgan fingerprint density at radius 3 is 2.96 bits per heavy atom. The Kier molecular flexibility index (Phi) is 5.57. The van der Waals surface area contributed by atoms with Gasteiger partial charge >= 0.3 is 10.4 Å². The Balaban J connectivity index is 1.77. The summed E-state index contributed by atoms with van der Waals surface area (Å²) >= 11 is 0. The van der Waals surface area contributed by atoms with Gasteiger partial charge in [-0.3, -0.25) is 20.1 Å². The van der Waals surface area contributed by atoms with Crippen molar-refractivity contribution in [2.75, 3.05) is 19.6 Å². The van der Waals surface area contributed by atoms with E-state index in [1.54, 1.807) is 15.9 Å². The zero-order chi connectivity index (χ0) is 18.9. The van der Waals surface area contributed by atoms with Crippen molar-refractivity contribution in [2.24, 2.45) is 5.73 Å². The second kappa shape index (κ2) is 7.56. The molecule has 146 valence electrons. The number of hydroxylamine groups is 1. The van der Waals surface area contributed by atoms with E-state index < -0.39 is 22.5 Å². The van der Waals surface area contributed by atoms with Crippen molar-refractivity contribution in [3.63, 3.8) is 0 Å². The molecule has 1 aromatic heterocycles. The van der Waals surface area contributed by atoms with Crippen LogP contribution >= 0.6 is 0 Å². The van der Waals surface area contributed by atoms with Gasteiger partial charge in [-0.25, -0.2) is 9.99 Å². The fraction of sp³-hybridized carbons (Fsp3) is 0.692. The second-order valence-electron chi connectivity index (χ2n) is 6.29. The van der Waals surface area contributed by atoms with Crippen LogP contribution in [-0.2, 0) is 26.0 Å². The van der Waals surface area contributed by atoms with E-state index in [9.17, 15) is 13.2 Å². The molecule has 3 atom stereocenters. The van der Waals surface area contributed by atoms with Crippen molar-refractivity contribution in [1.29, 1.82) is 0 Å². The topological polar surface area (TPSA) is 164 Å². The van der Waals surface area contributed by atoms with Crippen molar-refractivity contribution in [3.05, 3.63) is 17.7 Å². The first kappa shape index (κ1) is 19.2. The smallest absolute Gasteiger partial charge is 0.333 e. The highest BCUT2D eigenvalue weighted by atomic mass is 32.3. The van der Waals surface area contributed by atoms with Gasteiger partial charge in [0.15, 0.2) is 0 Å². The molecule has 1 fully saturated rings. The van der Waals surface area contributed by atoms with Crippen LogP contribution in [0.15, 0.2) is 6.33 Å². The predicted octanol–water partition coefficient (Wildman–Crippen LogP) is -2.02. The van der Waals surface area contributed by atoms with E-state index in [1.807, 2.05) is 6.92 Å². The molecule has 1 amide bonds. The van der Waals surface area contributed by atoms with Gasteiger partial charge in [-0.2, -0.15) is 18.2 Å². The lowest BCUT2D eigenvalue weighted by Gasteiger charge is -2.31. The Morgan fingerprint density at radius 1 is 1.58 bits per heavy atom. The number of nitrogens with two attached hydrogens (primary N) is 1. The molecule has 0 aromatic carbocycles. The zero-order valence-corrected chi connectivity index (χ0v) is 15.1. The summed E-state index contributed by atoms with van der Waals surface area (Å²) in [5, 5.41) is 4.84. The molecule has 1 aromatic rings. The highest BCUT2D eigenvalue weighted by molar-refractivity contribution is 7.80. The van der Waals surface area contributed by atoms with Crippen LogP contribution in [0, 0.1) is 0 Å². The van der Waals surface area contributed by atoms with Gasteiger partial charge in [0.05, 0.1) is 23.8 Å². The van der Waals surface area contributed by atoms with Crippen LogP contribution in [0.2, 0.25) is 0 Å². The van der Waals surface area contributed by atoms with Crippen LogP contribution in [-0.4, -0.2) is 59.1 Å². The van der Waals surface area contributed by atoms with E-state index in [1.165, 1.54) is 0 Å². The average Bonchev–Trinajstić information content (AvgIpc) is 3.18. The molecule has 0 saturated carbocycles. The first-order chi connectivity index (χ1) is 12.3. The number of hydrogen-bond donors (Lipinski definition) is 5. The van der Waals surface area contributed by atoms with Crippen LogP contribution in [0.4, 0.5) is 0 Å². The number of carbonyl (C=O) groups excluding carboxylic acids is 1. The van der Waals surface area contributed by atoms with E-state index in [2.05, 4.69) is 25.5 Å². The van der Waals surface area contributed by atoms with Gasteiger partial charge in [0.1, 0.15) is 6.04 Å². The fourth-order valence-electron chi connectivity index (χ4n) is 3.21. The molecule has 2 aliphatic rings. The molecule has 0 aliphatic carbocycles. The third kappa shape index (κ3) is 4.20. The van der Waals surface area contributed by atoms with Gasteiger partial charge in [0.25, 0.3) is 5.91 Å². The molecule has 1 saturated heterocycles. The van der Waals surface area contributed by atoms with E-state index in [0.29, 0.717) is 31.0 Å². The summed E-state index contributed by atoms with van der Waals surface area (Å²) in [4.78, 5) is 17.0. The zero-order valence-electron chi connectivity index (χ0n) is 14.3. The van der Waals surface area contributed by atoms with E-state index in [0.717, 1.165) is 6.42 Å². The second-order valence-corrected chi connectivity index (χ2v) is 7.32. The molecule has 0 spiro atoms. The lowest BCUT2D eigenvalue weighted by molar-refractivity contribution is -0.128. The molecule has 12 nitrogen and oxygen atoms in total. The van der Waals surface area contributed by atoms with Gasteiger partial charge in [0, 0.05) is 32.2 Å². The quantitative estimate of drug-likeness (QED) is 0.271. The van der Waals surface area contributed by atoms with Crippen LogP contribution in [0.3, 0.4) is 0 Å². The third-order valence-electron chi connectivity index (χ3n) is 4.43. The summed E-state index contributed by atoms with van der Waals surface area (Å²) in [6.45, 7) is 3.94. The molecule has 3 rings (SSSR count). The number of nitrogens with one attached hydrogen (secondary N) is 3. The largest absolute Gasteiger partial charge is 0.413 e. The first-order valence-corrected chi connectivity index (χ1v) is 9.65. The van der Waals surface area contributed by atoms with Crippen LogP contribution in [0.1, 0.15) is 36.8 Å². The number of nitrogens with zero attached hydrogens (tertiary/aromatic N) is 3. The number of imidazole rings is 1. The number of fused-ring (bicyclic) bond motifs is 1. The minimum Gasteiger partial charge on any atom is -0.333 e. The maximum atomic E-state index is 12.7. The molecule has 1 unspecified atom stereocenters. The lowest BCUT2D eigenvalue weighted by Crippen LogP contribution is -2.51. The number of aryl methyl sites for hydroxylation is 1. The molecular weight excluding hydrogens is 366 g/mol. The van der Waals surface area contributed by atoms with Crippen LogP contribution in [0.25, 0.3) is 0 Å². The number of hydrogen-bond acceptors (Lipinski definition) is 9. The summed E-state index contributed by atoms with van der Waals surface area (Å²) in [6.07, 6.45) is 2.39. The number of rotatable bonds is 6. The third-order valence-corrected chi connectivity index (χ3v) is 4.74. The maximum Gasteiger partial charge on any atom is 0.413 e. The number of amides is 1. The first-order valence-electron chi connectivity index (χ1n) is 8.29. The van der Waals surface area contributed by atoms with Crippen molar-refractivity contribution in [2.45, 2.75) is 38.0 Å². The average molecular weight is 389 g/mol. The highest BCUT2D eigenvalue weighted by Gasteiger charge is 2.37. The molecule has 3 heterocycles. The van der Waals surface area contributed by atoms with Crippen molar-refractivity contribution < 1.29 is 22.0 Å². The SMILES string of the molecule is CCn1cnc2c1[C@@H](C(=O)NN1CCC(N)C1)NC[C@@H]2NOS(=O)(=O)O. The minimum absolute atomic E-state index is 0.0394. The monoisotopic (exact) mass is 389 g/mol. The van der Waals surface area contributed by atoms with Crippen molar-refractivity contribution in [1.82, 2.24) is 30.8 Å². The van der Waals surface area contributed by atoms with Crippen molar-refractivity contribution >= 4 is 16.3 Å². The normalized spacial score (nSPS) is 26.7.